The highest BCUT2D eigenvalue weighted by atomic mass is 32.1. The van der Waals surface area contributed by atoms with Crippen molar-refractivity contribution < 1.29 is 4.74 Å². The average Bonchev–Trinajstić information content (AvgIpc) is 3.67. The van der Waals surface area contributed by atoms with Gasteiger partial charge in [-0.1, -0.05) is 103 Å². The topological polar surface area (TPSA) is 38.2 Å². The normalized spacial score (nSPS) is 14.7. The van der Waals surface area contributed by atoms with Crippen molar-refractivity contribution in [3.8, 4) is 33.2 Å². The van der Waals surface area contributed by atoms with Crippen molar-refractivity contribution in [2.45, 2.75) is 11.8 Å². The number of fused-ring (bicyclic) bond motifs is 3. The molecule has 5 heteroatoms. The summed E-state index contributed by atoms with van der Waals surface area (Å²) in [6.07, 6.45) is 4.58. The van der Waals surface area contributed by atoms with Crippen LogP contribution in [0.15, 0.2) is 188 Å². The molecule has 1 atom stereocenters. The Labute approximate surface area is 302 Å². The average molecular weight is 676 g/mol. The van der Waals surface area contributed by atoms with E-state index in [0.29, 0.717) is 0 Å². The van der Waals surface area contributed by atoms with E-state index in [-0.39, 0.29) is 0 Å². The predicted octanol–water partition coefficient (Wildman–Crippen LogP) is 12.0. The van der Waals surface area contributed by atoms with Gasteiger partial charge < -0.3 is 9.64 Å². The van der Waals surface area contributed by atoms with Gasteiger partial charge in [-0.15, -0.1) is 11.3 Å². The second kappa shape index (κ2) is 13.2. The fraction of sp³-hybridized carbons (Fsp3) is 0.0435. The largest absolute Gasteiger partial charge is 0.447 e. The number of ether oxygens (including phenoxy) is 1. The Morgan fingerprint density at radius 2 is 1.29 bits per heavy atom. The highest BCUT2D eigenvalue weighted by Gasteiger charge is 2.43. The fourth-order valence-corrected chi connectivity index (χ4v) is 8.19. The maximum absolute atomic E-state index is 6.63. The summed E-state index contributed by atoms with van der Waals surface area (Å²) in [5.74, 6) is 0.786. The van der Waals surface area contributed by atoms with E-state index in [2.05, 4.69) is 156 Å². The molecule has 4 nitrogen and oxygen atoms in total. The SMILES string of the molecule is c1ccc(N(c2ccccc2)c2ccnc(-c3csc(Oc4cccc([C@@]5(c6ccccn6)Cc6ccccc6-c6ccccc65)c4)c3)c2)cc1. The Morgan fingerprint density at radius 1 is 0.569 bits per heavy atom. The quantitative estimate of drug-likeness (QED) is 0.161. The smallest absolute Gasteiger partial charge is 0.181 e. The number of rotatable bonds is 8. The molecule has 0 aliphatic heterocycles. The molecule has 51 heavy (non-hydrogen) atoms. The summed E-state index contributed by atoms with van der Waals surface area (Å²) in [4.78, 5) is 12.0. The summed E-state index contributed by atoms with van der Waals surface area (Å²) in [6, 6.07) is 59.4. The number of hydrogen-bond acceptors (Lipinski definition) is 5. The first-order valence-electron chi connectivity index (χ1n) is 17.1. The van der Waals surface area contributed by atoms with Crippen LogP contribution in [-0.4, -0.2) is 9.97 Å². The first kappa shape index (κ1) is 30.7. The van der Waals surface area contributed by atoms with E-state index in [1.54, 1.807) is 11.3 Å². The van der Waals surface area contributed by atoms with Gasteiger partial charge in [0, 0.05) is 46.5 Å². The van der Waals surface area contributed by atoms with E-state index in [4.69, 9.17) is 14.7 Å². The number of hydrogen-bond donors (Lipinski definition) is 0. The molecule has 0 N–H and O–H groups in total. The van der Waals surface area contributed by atoms with Gasteiger partial charge >= 0.3 is 0 Å². The molecule has 0 fully saturated rings. The van der Waals surface area contributed by atoms with Crippen molar-refractivity contribution in [1.29, 1.82) is 0 Å². The van der Waals surface area contributed by atoms with E-state index in [9.17, 15) is 0 Å². The van der Waals surface area contributed by atoms with Gasteiger partial charge in [-0.25, -0.2) is 0 Å². The van der Waals surface area contributed by atoms with E-state index in [1.165, 1.54) is 22.3 Å². The van der Waals surface area contributed by atoms with Gasteiger partial charge in [-0.2, -0.15) is 0 Å². The minimum atomic E-state index is -0.486. The third-order valence-electron chi connectivity index (χ3n) is 9.70. The van der Waals surface area contributed by atoms with Crippen molar-refractivity contribution in [1.82, 2.24) is 9.97 Å². The Balaban J connectivity index is 1.06. The lowest BCUT2D eigenvalue weighted by Gasteiger charge is -2.40. The van der Waals surface area contributed by atoms with E-state index in [0.717, 1.165) is 56.8 Å². The number of para-hydroxylation sites is 2. The van der Waals surface area contributed by atoms with Gasteiger partial charge in [0.25, 0.3) is 0 Å². The molecule has 0 saturated heterocycles. The molecular formula is C46H33N3OS. The monoisotopic (exact) mass is 675 g/mol. The van der Waals surface area contributed by atoms with Gasteiger partial charge in [-0.05, 0) is 94.9 Å². The molecule has 9 rings (SSSR count). The van der Waals surface area contributed by atoms with Crippen LogP contribution >= 0.6 is 11.3 Å². The van der Waals surface area contributed by atoms with Crippen LogP contribution in [0.4, 0.5) is 17.1 Å². The van der Waals surface area contributed by atoms with Gasteiger partial charge in [-0.3, -0.25) is 9.97 Å². The minimum absolute atomic E-state index is 0.486. The Bertz CT molecular complexity index is 2410. The molecule has 5 aromatic carbocycles. The summed E-state index contributed by atoms with van der Waals surface area (Å²) in [5, 5.41) is 2.92. The van der Waals surface area contributed by atoms with E-state index >= 15 is 0 Å². The zero-order valence-electron chi connectivity index (χ0n) is 27.8. The third-order valence-corrected chi connectivity index (χ3v) is 10.5. The summed E-state index contributed by atoms with van der Waals surface area (Å²) in [6.45, 7) is 0. The van der Waals surface area contributed by atoms with E-state index in [1.807, 2.05) is 36.7 Å². The van der Waals surface area contributed by atoms with Crippen LogP contribution in [0.5, 0.6) is 10.8 Å². The van der Waals surface area contributed by atoms with Crippen molar-refractivity contribution in [2.24, 2.45) is 0 Å². The maximum Gasteiger partial charge on any atom is 0.181 e. The summed E-state index contributed by atoms with van der Waals surface area (Å²) in [7, 11) is 0. The number of pyridine rings is 2. The predicted molar refractivity (Wildman–Crippen MR) is 208 cm³/mol. The number of aromatic nitrogens is 2. The van der Waals surface area contributed by atoms with Gasteiger partial charge in [0.2, 0.25) is 0 Å². The van der Waals surface area contributed by atoms with Crippen molar-refractivity contribution in [3.05, 3.63) is 210 Å². The van der Waals surface area contributed by atoms with Crippen LogP contribution < -0.4 is 9.64 Å². The zero-order chi connectivity index (χ0) is 34.0. The Morgan fingerprint density at radius 3 is 2.08 bits per heavy atom. The summed E-state index contributed by atoms with van der Waals surface area (Å²) in [5.41, 5.74) is 11.9. The molecule has 0 amide bonds. The molecular weight excluding hydrogens is 643 g/mol. The fourth-order valence-electron chi connectivity index (χ4n) is 7.42. The molecule has 8 aromatic rings. The highest BCUT2D eigenvalue weighted by Crippen LogP contribution is 2.51. The van der Waals surface area contributed by atoms with Crippen LogP contribution in [0.3, 0.4) is 0 Å². The van der Waals surface area contributed by atoms with Gasteiger partial charge in [0.05, 0.1) is 16.8 Å². The zero-order valence-corrected chi connectivity index (χ0v) is 28.6. The van der Waals surface area contributed by atoms with Crippen molar-refractivity contribution >= 4 is 28.4 Å². The number of thiophene rings is 1. The molecule has 1 aliphatic carbocycles. The number of anilines is 3. The standard InChI is InChI=1S/C46H33N3OS/c1-3-16-36(17-4-1)49(37-18-5-2-6-19-37)38-25-27-47-43(30-38)34-28-45(51-32-34)50-39-20-13-15-35(29-39)46(44-24-11-12-26-48-44)31-33-14-7-8-21-40(33)41-22-9-10-23-42(41)46/h1-30,32H,31H2/t46-/m0/s1. The molecule has 0 radical (unpaired) electrons. The first-order chi connectivity index (χ1) is 25.3. The van der Waals surface area contributed by atoms with E-state index < -0.39 is 5.41 Å². The molecule has 244 valence electrons. The summed E-state index contributed by atoms with van der Waals surface area (Å²) < 4.78 is 6.63. The molecule has 0 bridgehead atoms. The lowest BCUT2D eigenvalue weighted by Crippen LogP contribution is -2.36. The molecule has 1 aliphatic rings. The lowest BCUT2D eigenvalue weighted by molar-refractivity contribution is 0.492. The molecule has 0 spiro atoms. The van der Waals surface area contributed by atoms with Gasteiger partial charge in [0.1, 0.15) is 5.75 Å². The first-order valence-corrected chi connectivity index (χ1v) is 18.0. The molecule has 0 saturated carbocycles. The molecule has 3 heterocycles. The number of benzene rings is 5. The van der Waals surface area contributed by atoms with Crippen LogP contribution in [0, 0.1) is 0 Å². The van der Waals surface area contributed by atoms with Crippen LogP contribution in [0.25, 0.3) is 22.4 Å². The van der Waals surface area contributed by atoms with Crippen LogP contribution in [-0.2, 0) is 11.8 Å². The minimum Gasteiger partial charge on any atom is -0.447 e. The van der Waals surface area contributed by atoms with Gasteiger partial charge in [0.15, 0.2) is 5.06 Å². The molecule has 3 aromatic heterocycles. The van der Waals surface area contributed by atoms with Crippen molar-refractivity contribution in [3.63, 3.8) is 0 Å². The van der Waals surface area contributed by atoms with Crippen LogP contribution in [0.1, 0.15) is 22.4 Å². The second-order valence-electron chi connectivity index (χ2n) is 12.7. The Kier molecular flexibility index (Phi) is 7.95. The summed E-state index contributed by atoms with van der Waals surface area (Å²) >= 11 is 1.57. The number of nitrogens with zero attached hydrogens (tertiary/aromatic N) is 3. The third kappa shape index (κ3) is 5.68. The lowest BCUT2D eigenvalue weighted by atomic mass is 9.62. The Hall–Kier alpha value is -6.30. The molecule has 0 unspecified atom stereocenters. The van der Waals surface area contributed by atoms with Crippen molar-refractivity contribution in [2.75, 3.05) is 4.90 Å². The maximum atomic E-state index is 6.63. The second-order valence-corrected chi connectivity index (χ2v) is 13.6. The van der Waals surface area contributed by atoms with Crippen LogP contribution in [0.2, 0.25) is 0 Å². The highest BCUT2D eigenvalue weighted by molar-refractivity contribution is 7.12.